The molecule has 0 bridgehead atoms. The summed E-state index contributed by atoms with van der Waals surface area (Å²) in [6.45, 7) is 0. The van der Waals surface area contributed by atoms with E-state index in [2.05, 4.69) is 0 Å². The second-order valence-electron chi connectivity index (χ2n) is 4.62. The van der Waals surface area contributed by atoms with Gasteiger partial charge in [-0.3, -0.25) is 0 Å². The highest BCUT2D eigenvalue weighted by Gasteiger charge is 2.97. The highest BCUT2D eigenvalue weighted by atomic mass is 15.0. The molecule has 0 heterocycles. The van der Waals surface area contributed by atoms with Crippen molar-refractivity contribution >= 4 is 0 Å². The van der Waals surface area contributed by atoms with E-state index in [1.165, 1.54) is 47.3 Å². The molecule has 0 aromatic rings. The lowest BCUT2D eigenvalue weighted by Gasteiger charge is -3.03. The molecule has 0 aromatic heterocycles. The van der Waals surface area contributed by atoms with Gasteiger partial charge in [0.2, 0.25) is 0 Å². The average molecular weight is 121 g/mol. The zero-order chi connectivity index (χ0) is 4.62. The van der Waals surface area contributed by atoms with Gasteiger partial charge in [-0.1, -0.05) is 0 Å². The lowest BCUT2D eigenvalue weighted by Crippen LogP contribution is -3.00. The molecule has 0 radical (unpaired) electrons. The summed E-state index contributed by atoms with van der Waals surface area (Å²) in [5.41, 5.74) is 0. The van der Waals surface area contributed by atoms with Crippen LogP contribution in [0, 0.1) is 47.3 Å². The van der Waals surface area contributed by atoms with Crippen LogP contribution in [0.25, 0.3) is 0 Å². The summed E-state index contributed by atoms with van der Waals surface area (Å²) in [7, 11) is 0. The molecule has 1 nitrogen and oxygen atoms in total. The summed E-state index contributed by atoms with van der Waals surface area (Å²) in [6, 6.07) is 0. The van der Waals surface area contributed by atoms with Crippen molar-refractivity contribution in [1.29, 1.82) is 0 Å². The topological polar surface area (TPSA) is 35.0 Å². The quantitative estimate of drug-likeness (QED) is 0.512. The molecule has 0 aromatic carbocycles. The van der Waals surface area contributed by atoms with Crippen molar-refractivity contribution in [2.75, 3.05) is 0 Å². The number of rotatable bonds is 0. The zero-order valence-corrected chi connectivity index (χ0v) is 5.33. The normalized spacial score (nSPS) is 96.0. The summed E-state index contributed by atoms with van der Waals surface area (Å²) in [5.74, 6) is 10.7. The van der Waals surface area contributed by atoms with Crippen molar-refractivity contribution in [1.82, 2.24) is 6.15 Å². The number of hydrogen-bond acceptors (Lipinski definition) is 1. The minimum atomic E-state index is 0. The molecule has 0 aliphatic heterocycles. The Kier molecular flexibility index (Phi) is 0.296. The molecule has 0 unspecified atom stereocenters. The Morgan fingerprint density at radius 1 is 0.333 bits per heavy atom. The van der Waals surface area contributed by atoms with Crippen molar-refractivity contribution in [2.45, 2.75) is 0 Å². The molecule has 3 N–H and O–H groups in total. The van der Waals surface area contributed by atoms with Crippen LogP contribution >= 0.6 is 0 Å². The van der Waals surface area contributed by atoms with Gasteiger partial charge < -0.3 is 6.15 Å². The molecule has 6 aliphatic rings. The molecule has 0 amide bonds. The van der Waals surface area contributed by atoms with Gasteiger partial charge in [0.1, 0.15) is 0 Å². The minimum Gasteiger partial charge on any atom is -0.344 e. The third kappa shape index (κ3) is 0.123. The van der Waals surface area contributed by atoms with Gasteiger partial charge in [0.15, 0.2) is 0 Å². The van der Waals surface area contributed by atoms with Crippen LogP contribution in [0.4, 0.5) is 0 Å². The van der Waals surface area contributed by atoms with Gasteiger partial charge in [-0.05, 0) is 47.3 Å². The van der Waals surface area contributed by atoms with Crippen molar-refractivity contribution in [3.05, 3.63) is 0 Å². The van der Waals surface area contributed by atoms with Crippen LogP contribution in [0.2, 0.25) is 0 Å². The van der Waals surface area contributed by atoms with Crippen molar-refractivity contribution < 1.29 is 0 Å². The van der Waals surface area contributed by atoms with Gasteiger partial charge in [0, 0.05) is 0 Å². The fourth-order valence-corrected chi connectivity index (χ4v) is 5.29. The first-order chi connectivity index (χ1) is 4.00. The van der Waals surface area contributed by atoms with Crippen LogP contribution in [-0.4, -0.2) is 0 Å². The van der Waals surface area contributed by atoms with Crippen molar-refractivity contribution in [3.8, 4) is 0 Å². The van der Waals surface area contributed by atoms with E-state index < -0.39 is 0 Å². The predicted molar refractivity (Wildman–Crippen MR) is 32.9 cm³/mol. The third-order valence-corrected chi connectivity index (χ3v) is 5.33. The SMILES string of the molecule is C12C3C4C1C1C2C3C41.N. The van der Waals surface area contributed by atoms with Gasteiger partial charge in [-0.2, -0.15) is 0 Å². The standard InChI is InChI=1S/C8H8.H3N/c1-2-5-3(1)7-4(1)6(2)8(5)7;/h1-8H;1H3. The summed E-state index contributed by atoms with van der Waals surface area (Å²) in [6.07, 6.45) is 0. The van der Waals surface area contributed by atoms with Crippen molar-refractivity contribution in [3.63, 3.8) is 0 Å². The van der Waals surface area contributed by atoms with E-state index in [1.54, 1.807) is 0 Å². The molecule has 6 fully saturated rings. The van der Waals surface area contributed by atoms with E-state index in [0.29, 0.717) is 0 Å². The molecule has 0 atom stereocenters. The largest absolute Gasteiger partial charge is 0.344 e. The summed E-state index contributed by atoms with van der Waals surface area (Å²) in [4.78, 5) is 0. The molecule has 9 heavy (non-hydrogen) atoms. The number of hydrogen-bond donors (Lipinski definition) is 1. The predicted octanol–water partition coefficient (Wildman–Crippen LogP) is 1.15. The molecule has 0 spiro atoms. The Labute approximate surface area is 54.4 Å². The van der Waals surface area contributed by atoms with Gasteiger partial charge >= 0.3 is 0 Å². The fourth-order valence-electron chi connectivity index (χ4n) is 5.29. The second kappa shape index (κ2) is 0.672. The van der Waals surface area contributed by atoms with Crippen LogP contribution in [0.5, 0.6) is 0 Å². The highest BCUT2D eigenvalue weighted by Crippen LogP contribution is 3.00. The van der Waals surface area contributed by atoms with E-state index in [9.17, 15) is 0 Å². The second-order valence-corrected chi connectivity index (χ2v) is 4.62. The molecular weight excluding hydrogens is 110 g/mol. The van der Waals surface area contributed by atoms with Gasteiger partial charge in [0.05, 0.1) is 0 Å². The monoisotopic (exact) mass is 121 g/mol. The molecular formula is C8H11N. The summed E-state index contributed by atoms with van der Waals surface area (Å²) < 4.78 is 0. The molecule has 1 heteroatoms. The molecule has 6 rings (SSSR count). The zero-order valence-electron chi connectivity index (χ0n) is 5.33. The Morgan fingerprint density at radius 3 is 0.556 bits per heavy atom. The Bertz CT molecular complexity index is 115. The maximum atomic E-state index is 1.33. The first kappa shape index (κ1) is 3.97. The van der Waals surface area contributed by atoms with Crippen LogP contribution in [0.1, 0.15) is 0 Å². The lowest BCUT2D eigenvalue weighted by molar-refractivity contribution is -0.565. The van der Waals surface area contributed by atoms with Crippen LogP contribution in [0.15, 0.2) is 0 Å². The molecule has 6 aliphatic carbocycles. The van der Waals surface area contributed by atoms with Gasteiger partial charge in [-0.25, -0.2) is 0 Å². The van der Waals surface area contributed by atoms with Gasteiger partial charge in [0.25, 0.3) is 0 Å². The Balaban J connectivity index is 0.000000288. The van der Waals surface area contributed by atoms with Crippen LogP contribution in [-0.2, 0) is 0 Å². The summed E-state index contributed by atoms with van der Waals surface area (Å²) >= 11 is 0. The maximum absolute atomic E-state index is 1.33. The van der Waals surface area contributed by atoms with E-state index >= 15 is 0 Å². The average Bonchev–Trinajstić information content (AvgIpc) is 1.90. The molecule has 0 saturated heterocycles. The van der Waals surface area contributed by atoms with E-state index in [4.69, 9.17) is 0 Å². The highest BCUT2D eigenvalue weighted by molar-refractivity contribution is 5.44. The third-order valence-electron chi connectivity index (χ3n) is 5.33. The lowest BCUT2D eigenvalue weighted by atomic mass is 9.01. The van der Waals surface area contributed by atoms with Crippen LogP contribution in [0.3, 0.4) is 0 Å². The first-order valence-electron chi connectivity index (χ1n) is 4.00. The first-order valence-corrected chi connectivity index (χ1v) is 4.00. The Morgan fingerprint density at radius 2 is 0.444 bits per heavy atom. The fraction of sp³-hybridized carbons (Fsp3) is 1.00. The molecule has 6 saturated carbocycles. The maximum Gasteiger partial charge on any atom is -0.0312 e. The van der Waals surface area contributed by atoms with Crippen molar-refractivity contribution in [2.24, 2.45) is 47.3 Å². The van der Waals surface area contributed by atoms with E-state index in [-0.39, 0.29) is 6.15 Å². The van der Waals surface area contributed by atoms with Gasteiger partial charge in [-0.15, -0.1) is 0 Å². The summed E-state index contributed by atoms with van der Waals surface area (Å²) in [5, 5.41) is 0. The Hall–Kier alpha value is -0.0400. The van der Waals surface area contributed by atoms with E-state index in [0.717, 1.165) is 0 Å². The molecule has 48 valence electrons. The smallest absolute Gasteiger partial charge is 0.0312 e. The van der Waals surface area contributed by atoms with E-state index in [1.807, 2.05) is 0 Å². The van der Waals surface area contributed by atoms with Crippen LogP contribution < -0.4 is 6.15 Å². The minimum absolute atomic E-state index is 0.